The second kappa shape index (κ2) is 4.42. The Bertz CT molecular complexity index is 818. The summed E-state index contributed by atoms with van der Waals surface area (Å²) in [6.45, 7) is 0. The summed E-state index contributed by atoms with van der Waals surface area (Å²) in [5, 5.41) is 20.8. The molecule has 3 aromatic rings. The van der Waals surface area contributed by atoms with Crippen molar-refractivity contribution in [1.29, 1.82) is 0 Å². The van der Waals surface area contributed by atoms with Gasteiger partial charge in [0.05, 0.1) is 5.69 Å². The van der Waals surface area contributed by atoms with Crippen molar-refractivity contribution >= 4 is 5.82 Å². The first-order valence-corrected chi connectivity index (χ1v) is 5.30. The van der Waals surface area contributed by atoms with E-state index in [4.69, 9.17) is 0 Å². The molecule has 0 saturated carbocycles. The number of hydrogen-bond donors (Lipinski definition) is 0. The molecule has 0 radical (unpaired) electrons. The molecule has 0 aliphatic heterocycles. The lowest BCUT2D eigenvalue weighted by molar-refractivity contribution is -0.390. The number of aromatic nitrogens is 4. The number of nitro groups is 1. The van der Waals surface area contributed by atoms with Gasteiger partial charge in [-0.2, -0.15) is 0 Å². The minimum atomic E-state index is -0.802. The average molecular weight is 275 g/mol. The van der Waals surface area contributed by atoms with Crippen LogP contribution in [0.3, 0.4) is 0 Å². The second-order valence-electron chi connectivity index (χ2n) is 3.64. The van der Waals surface area contributed by atoms with Gasteiger partial charge in [0.2, 0.25) is 5.82 Å². The molecule has 0 amide bonds. The Balaban J connectivity index is 2.24. The third-order valence-corrected chi connectivity index (χ3v) is 2.47. The van der Waals surface area contributed by atoms with E-state index in [1.54, 1.807) is 30.3 Å². The Morgan fingerprint density at radius 2 is 1.90 bits per heavy atom. The van der Waals surface area contributed by atoms with Crippen LogP contribution in [0.25, 0.3) is 17.2 Å². The topological polar surface area (TPSA) is 130 Å². The largest absolute Gasteiger partial charge is 0.446 e. The molecule has 1 aromatic carbocycles. The number of hydrogen-bond acceptors (Lipinski definition) is 8. The predicted octanol–water partition coefficient (Wildman–Crippen LogP) is 0.784. The zero-order valence-corrected chi connectivity index (χ0v) is 9.66. The summed E-state index contributed by atoms with van der Waals surface area (Å²) in [5.41, 5.74) is 0.135. The van der Waals surface area contributed by atoms with E-state index in [-0.39, 0.29) is 11.5 Å². The summed E-state index contributed by atoms with van der Waals surface area (Å²) in [5.74, 6) is -1.61. The third-order valence-electron chi connectivity index (χ3n) is 2.47. The van der Waals surface area contributed by atoms with Crippen LogP contribution in [0.15, 0.2) is 44.3 Å². The zero-order valence-electron chi connectivity index (χ0n) is 9.66. The highest BCUT2D eigenvalue weighted by Gasteiger charge is 2.30. The van der Waals surface area contributed by atoms with Crippen molar-refractivity contribution in [2.24, 2.45) is 0 Å². The fourth-order valence-corrected chi connectivity index (χ4v) is 1.65. The van der Waals surface area contributed by atoms with Crippen LogP contribution >= 0.6 is 0 Å². The quantitative estimate of drug-likeness (QED) is 0.506. The van der Waals surface area contributed by atoms with Crippen LogP contribution in [-0.2, 0) is 0 Å². The van der Waals surface area contributed by atoms with E-state index >= 15 is 0 Å². The van der Waals surface area contributed by atoms with Gasteiger partial charge in [0.15, 0.2) is 5.16 Å². The Hall–Kier alpha value is -3.30. The van der Waals surface area contributed by atoms with Gasteiger partial charge >= 0.3 is 11.6 Å². The number of rotatable bonds is 3. The monoisotopic (exact) mass is 275 g/mol. The summed E-state index contributed by atoms with van der Waals surface area (Å²) in [7, 11) is 0. The van der Waals surface area contributed by atoms with Gasteiger partial charge in [-0.15, -0.1) is 4.63 Å². The smallest absolute Gasteiger partial charge is 0.358 e. The molecule has 0 saturated heterocycles. The Morgan fingerprint density at radius 1 is 1.15 bits per heavy atom. The van der Waals surface area contributed by atoms with E-state index in [9.17, 15) is 14.9 Å². The first-order chi connectivity index (χ1) is 9.68. The highest BCUT2D eigenvalue weighted by atomic mass is 16.6. The third kappa shape index (κ3) is 1.75. The SMILES string of the molecule is O=c1onc(-c2nonc2[N+](=O)[O-])n1-c1ccccc1. The maximum Gasteiger partial charge on any atom is 0.446 e. The normalized spacial score (nSPS) is 10.6. The molecule has 0 fully saturated rings. The van der Waals surface area contributed by atoms with Crippen LogP contribution in [0.4, 0.5) is 5.82 Å². The minimum absolute atomic E-state index is 0.158. The number of benzene rings is 1. The Morgan fingerprint density at radius 3 is 2.60 bits per heavy atom. The lowest BCUT2D eigenvalue weighted by Crippen LogP contribution is -2.13. The standard InChI is InChI=1S/C10H5N5O5/c16-10-14(6-4-2-1-3-5-6)8(12-19-10)7-9(15(17)18)13-20-11-7/h1-5H. The van der Waals surface area contributed by atoms with Gasteiger partial charge < -0.3 is 10.1 Å². The molecule has 0 unspecified atom stereocenters. The molecule has 100 valence electrons. The van der Waals surface area contributed by atoms with Gasteiger partial charge in [-0.1, -0.05) is 23.4 Å². The van der Waals surface area contributed by atoms with Gasteiger partial charge in [-0.25, -0.2) is 9.36 Å². The van der Waals surface area contributed by atoms with Crippen molar-refractivity contribution in [3.05, 3.63) is 51.0 Å². The summed E-state index contributed by atoms with van der Waals surface area (Å²) in [6.07, 6.45) is 0. The van der Waals surface area contributed by atoms with E-state index in [1.807, 2.05) is 0 Å². The van der Waals surface area contributed by atoms with E-state index in [2.05, 4.69) is 24.6 Å². The van der Waals surface area contributed by atoms with Crippen LogP contribution in [-0.4, -0.2) is 25.0 Å². The number of para-hydroxylation sites is 1. The van der Waals surface area contributed by atoms with Crippen LogP contribution in [0.2, 0.25) is 0 Å². The lowest BCUT2D eigenvalue weighted by Gasteiger charge is -2.00. The second-order valence-corrected chi connectivity index (χ2v) is 3.64. The van der Waals surface area contributed by atoms with Gasteiger partial charge in [0, 0.05) is 0 Å². The van der Waals surface area contributed by atoms with Crippen LogP contribution in [0.5, 0.6) is 0 Å². The van der Waals surface area contributed by atoms with E-state index in [0.29, 0.717) is 5.69 Å². The maximum atomic E-state index is 11.7. The van der Waals surface area contributed by atoms with Gasteiger partial charge in [0.1, 0.15) is 0 Å². The summed E-state index contributed by atoms with van der Waals surface area (Å²) < 4.78 is 9.89. The predicted molar refractivity (Wildman–Crippen MR) is 62.0 cm³/mol. The van der Waals surface area contributed by atoms with Crippen LogP contribution < -0.4 is 5.76 Å². The van der Waals surface area contributed by atoms with Crippen molar-refractivity contribution in [3.8, 4) is 17.2 Å². The van der Waals surface area contributed by atoms with Crippen molar-refractivity contribution in [2.45, 2.75) is 0 Å². The highest BCUT2D eigenvalue weighted by Crippen LogP contribution is 2.25. The highest BCUT2D eigenvalue weighted by molar-refractivity contribution is 5.60. The molecular formula is C10H5N5O5. The van der Waals surface area contributed by atoms with Gasteiger partial charge in [0.25, 0.3) is 5.69 Å². The van der Waals surface area contributed by atoms with Gasteiger partial charge in [-0.3, -0.25) is 4.52 Å². The lowest BCUT2D eigenvalue weighted by atomic mass is 10.3. The molecule has 2 heterocycles. The molecule has 0 aliphatic rings. The molecule has 20 heavy (non-hydrogen) atoms. The zero-order chi connectivity index (χ0) is 14.1. The molecule has 0 N–H and O–H groups in total. The van der Waals surface area contributed by atoms with Crippen molar-refractivity contribution < 1.29 is 14.1 Å². The molecule has 3 rings (SSSR count). The summed E-state index contributed by atoms with van der Waals surface area (Å²) >= 11 is 0. The fourth-order valence-electron chi connectivity index (χ4n) is 1.65. The van der Waals surface area contributed by atoms with E-state index in [0.717, 1.165) is 4.57 Å². The Labute approximate surface area is 109 Å². The van der Waals surface area contributed by atoms with Crippen molar-refractivity contribution in [2.75, 3.05) is 0 Å². The molecule has 0 bridgehead atoms. The first-order valence-electron chi connectivity index (χ1n) is 5.30. The van der Waals surface area contributed by atoms with E-state index < -0.39 is 16.5 Å². The minimum Gasteiger partial charge on any atom is -0.358 e. The molecule has 10 heteroatoms. The van der Waals surface area contributed by atoms with Gasteiger partial charge in [-0.05, 0) is 22.2 Å². The van der Waals surface area contributed by atoms with Crippen LogP contribution in [0.1, 0.15) is 0 Å². The molecule has 0 atom stereocenters. The average Bonchev–Trinajstić information content (AvgIpc) is 3.05. The van der Waals surface area contributed by atoms with Crippen molar-refractivity contribution in [3.63, 3.8) is 0 Å². The first kappa shape index (κ1) is 11.8. The van der Waals surface area contributed by atoms with E-state index in [1.165, 1.54) is 0 Å². The fraction of sp³-hybridized carbons (Fsp3) is 0. The molecule has 0 aliphatic carbocycles. The summed E-state index contributed by atoms with van der Waals surface area (Å²) in [4.78, 5) is 21.7. The molecule has 2 aromatic heterocycles. The summed E-state index contributed by atoms with van der Waals surface area (Å²) in [6, 6.07) is 8.35. The van der Waals surface area contributed by atoms with Crippen molar-refractivity contribution in [1.82, 2.24) is 20.0 Å². The number of nitrogens with zero attached hydrogens (tertiary/aromatic N) is 5. The molecule has 10 nitrogen and oxygen atoms in total. The maximum absolute atomic E-state index is 11.7. The molecular weight excluding hydrogens is 270 g/mol. The van der Waals surface area contributed by atoms with Crippen LogP contribution in [0, 0.1) is 10.1 Å². The Kier molecular flexibility index (Phi) is 2.60. The molecule has 0 spiro atoms.